The lowest BCUT2D eigenvalue weighted by atomic mass is 10.2. The van der Waals surface area contributed by atoms with E-state index >= 15 is 0 Å². The predicted molar refractivity (Wildman–Crippen MR) is 71.4 cm³/mol. The third kappa shape index (κ3) is 4.76. The van der Waals surface area contributed by atoms with E-state index in [4.69, 9.17) is 27.1 Å². The van der Waals surface area contributed by atoms with Crippen LogP contribution in [0, 0.1) is 11.3 Å². The number of hydrogen-bond donors (Lipinski definition) is 4. The van der Waals surface area contributed by atoms with Gasteiger partial charge in [0.2, 0.25) is 0 Å². The molecule has 0 aliphatic rings. The SMILES string of the molecule is N#Cc1ccc(NC(=O)NCCC(O)C(=O)O)c(Cl)c1. The molecule has 0 saturated carbocycles. The van der Waals surface area contributed by atoms with Crippen LogP contribution in [-0.4, -0.2) is 34.9 Å². The molecule has 4 N–H and O–H groups in total. The summed E-state index contributed by atoms with van der Waals surface area (Å²) in [5.74, 6) is -1.35. The number of nitrogens with zero attached hydrogens (tertiary/aromatic N) is 1. The first-order valence-corrected chi connectivity index (χ1v) is 5.97. The van der Waals surface area contributed by atoms with Crippen molar-refractivity contribution in [3.63, 3.8) is 0 Å². The zero-order chi connectivity index (χ0) is 15.1. The number of anilines is 1. The Bertz CT molecular complexity index is 556. The number of rotatable bonds is 5. The van der Waals surface area contributed by atoms with Crippen LogP contribution in [0.15, 0.2) is 18.2 Å². The highest BCUT2D eigenvalue weighted by Gasteiger charge is 2.13. The van der Waals surface area contributed by atoms with Crippen LogP contribution in [0.4, 0.5) is 10.5 Å². The van der Waals surface area contributed by atoms with E-state index in [9.17, 15) is 9.59 Å². The highest BCUT2D eigenvalue weighted by molar-refractivity contribution is 6.33. The second kappa shape index (κ2) is 7.33. The van der Waals surface area contributed by atoms with E-state index < -0.39 is 18.1 Å². The maximum absolute atomic E-state index is 11.5. The van der Waals surface area contributed by atoms with Crippen molar-refractivity contribution < 1.29 is 19.8 Å². The van der Waals surface area contributed by atoms with Crippen LogP contribution in [0.2, 0.25) is 5.02 Å². The summed E-state index contributed by atoms with van der Waals surface area (Å²) in [7, 11) is 0. The van der Waals surface area contributed by atoms with Gasteiger partial charge in [0.05, 0.1) is 22.3 Å². The number of amides is 2. The minimum absolute atomic E-state index is 0.00675. The second-order valence-corrected chi connectivity index (χ2v) is 4.24. The van der Waals surface area contributed by atoms with Crippen LogP contribution in [0.25, 0.3) is 0 Å². The number of halogens is 1. The standard InChI is InChI=1S/C12H12ClN3O4/c13-8-5-7(6-14)1-2-9(8)16-12(20)15-4-3-10(17)11(18)19/h1-2,5,10,17H,3-4H2,(H,18,19)(H2,15,16,20). The monoisotopic (exact) mass is 297 g/mol. The Kier molecular flexibility index (Phi) is 5.77. The van der Waals surface area contributed by atoms with Crippen molar-refractivity contribution in [2.24, 2.45) is 0 Å². The number of urea groups is 1. The number of hydrogen-bond acceptors (Lipinski definition) is 4. The zero-order valence-corrected chi connectivity index (χ0v) is 11.0. The van der Waals surface area contributed by atoms with E-state index in [0.29, 0.717) is 11.3 Å². The smallest absolute Gasteiger partial charge is 0.332 e. The molecule has 0 bridgehead atoms. The molecule has 0 spiro atoms. The summed E-state index contributed by atoms with van der Waals surface area (Å²) in [6.07, 6.45) is -1.63. The fourth-order valence-corrected chi connectivity index (χ4v) is 1.53. The molecule has 1 rings (SSSR count). The van der Waals surface area contributed by atoms with Gasteiger partial charge in [-0.05, 0) is 18.2 Å². The van der Waals surface area contributed by atoms with Gasteiger partial charge in [-0.3, -0.25) is 0 Å². The predicted octanol–water partition coefficient (Wildman–Crippen LogP) is 1.17. The van der Waals surface area contributed by atoms with E-state index in [1.807, 2.05) is 6.07 Å². The van der Waals surface area contributed by atoms with E-state index in [1.165, 1.54) is 18.2 Å². The number of nitriles is 1. The molecule has 7 nitrogen and oxygen atoms in total. The Hall–Kier alpha value is -2.30. The number of carboxylic acids is 1. The lowest BCUT2D eigenvalue weighted by Gasteiger charge is -2.10. The first kappa shape index (κ1) is 15.8. The molecule has 0 heterocycles. The van der Waals surface area contributed by atoms with E-state index in [0.717, 1.165) is 0 Å². The van der Waals surface area contributed by atoms with E-state index in [2.05, 4.69) is 10.6 Å². The Labute approximate surface area is 119 Å². The maximum atomic E-state index is 11.5. The number of carboxylic acid groups (broad SMARTS) is 1. The van der Waals surface area contributed by atoms with Crippen molar-refractivity contribution >= 4 is 29.3 Å². The molecule has 0 aliphatic heterocycles. The summed E-state index contributed by atoms with van der Waals surface area (Å²) < 4.78 is 0. The third-order valence-electron chi connectivity index (χ3n) is 2.33. The lowest BCUT2D eigenvalue weighted by molar-refractivity contribution is -0.146. The third-order valence-corrected chi connectivity index (χ3v) is 2.65. The van der Waals surface area contributed by atoms with Gasteiger partial charge in [0.25, 0.3) is 0 Å². The number of aliphatic hydroxyl groups excluding tert-OH is 1. The second-order valence-electron chi connectivity index (χ2n) is 3.83. The fraction of sp³-hybridized carbons (Fsp3) is 0.250. The number of aliphatic carboxylic acids is 1. The van der Waals surface area contributed by atoms with Crippen molar-refractivity contribution in [2.75, 3.05) is 11.9 Å². The van der Waals surface area contributed by atoms with Crippen molar-refractivity contribution in [1.29, 1.82) is 5.26 Å². The van der Waals surface area contributed by atoms with E-state index in [1.54, 1.807) is 0 Å². The summed E-state index contributed by atoms with van der Waals surface area (Å²) in [5.41, 5.74) is 0.687. The molecule has 0 saturated heterocycles. The van der Waals surface area contributed by atoms with Crippen LogP contribution in [-0.2, 0) is 4.79 Å². The number of carbonyl (C=O) groups is 2. The molecule has 8 heteroatoms. The molecule has 1 aromatic carbocycles. The van der Waals surface area contributed by atoms with Gasteiger partial charge in [-0.1, -0.05) is 11.6 Å². The highest BCUT2D eigenvalue weighted by atomic mass is 35.5. The Balaban J connectivity index is 2.47. The summed E-state index contributed by atoms with van der Waals surface area (Å²) in [4.78, 5) is 21.8. The summed E-state index contributed by atoms with van der Waals surface area (Å²) in [6, 6.07) is 5.70. The van der Waals surface area contributed by atoms with Crippen LogP contribution >= 0.6 is 11.6 Å². The van der Waals surface area contributed by atoms with Crippen LogP contribution in [0.3, 0.4) is 0 Å². The number of nitrogens with one attached hydrogen (secondary N) is 2. The lowest BCUT2D eigenvalue weighted by Crippen LogP contribution is -2.33. The normalized spacial score (nSPS) is 11.2. The van der Waals surface area contributed by atoms with Gasteiger partial charge in [0, 0.05) is 13.0 Å². The summed E-state index contributed by atoms with van der Waals surface area (Å²) >= 11 is 5.87. The van der Waals surface area contributed by atoms with E-state index in [-0.39, 0.29) is 18.0 Å². The van der Waals surface area contributed by atoms with Gasteiger partial charge >= 0.3 is 12.0 Å². The van der Waals surface area contributed by atoms with Gasteiger partial charge in [-0.25, -0.2) is 9.59 Å². The van der Waals surface area contributed by atoms with Gasteiger partial charge in [-0.2, -0.15) is 5.26 Å². The topological polar surface area (TPSA) is 122 Å². The maximum Gasteiger partial charge on any atom is 0.332 e. The first-order chi connectivity index (χ1) is 9.43. The molecule has 1 aromatic rings. The highest BCUT2D eigenvalue weighted by Crippen LogP contribution is 2.22. The average molecular weight is 298 g/mol. The van der Waals surface area contributed by atoms with Crippen LogP contribution in [0.1, 0.15) is 12.0 Å². The van der Waals surface area contributed by atoms with Gasteiger partial charge in [0.15, 0.2) is 6.10 Å². The van der Waals surface area contributed by atoms with Gasteiger partial charge in [-0.15, -0.1) is 0 Å². The van der Waals surface area contributed by atoms with Gasteiger partial charge < -0.3 is 20.8 Å². The van der Waals surface area contributed by atoms with Crippen molar-refractivity contribution in [1.82, 2.24) is 5.32 Å². The van der Waals surface area contributed by atoms with Crippen molar-refractivity contribution in [2.45, 2.75) is 12.5 Å². The molecule has 0 aromatic heterocycles. The molecule has 0 fully saturated rings. The fourth-order valence-electron chi connectivity index (χ4n) is 1.30. The first-order valence-electron chi connectivity index (χ1n) is 5.59. The van der Waals surface area contributed by atoms with Crippen LogP contribution in [0.5, 0.6) is 0 Å². The summed E-state index contributed by atoms with van der Waals surface area (Å²) in [6.45, 7) is -0.00675. The molecule has 20 heavy (non-hydrogen) atoms. The average Bonchev–Trinajstić information content (AvgIpc) is 2.40. The molecule has 2 amide bonds. The molecule has 0 radical (unpaired) electrons. The Morgan fingerprint density at radius 3 is 2.70 bits per heavy atom. The number of benzene rings is 1. The molecule has 1 unspecified atom stereocenters. The molecule has 106 valence electrons. The Morgan fingerprint density at radius 1 is 1.45 bits per heavy atom. The number of carbonyl (C=O) groups excluding carboxylic acids is 1. The number of aliphatic hydroxyl groups is 1. The summed E-state index contributed by atoms with van der Waals surface area (Å²) in [5, 5.41) is 31.2. The minimum Gasteiger partial charge on any atom is -0.479 e. The van der Waals surface area contributed by atoms with Crippen molar-refractivity contribution in [3.05, 3.63) is 28.8 Å². The molecular weight excluding hydrogens is 286 g/mol. The van der Waals surface area contributed by atoms with Gasteiger partial charge in [0.1, 0.15) is 0 Å². The molecular formula is C12H12ClN3O4. The Morgan fingerprint density at radius 2 is 2.15 bits per heavy atom. The quantitative estimate of drug-likeness (QED) is 0.649. The molecule has 1 atom stereocenters. The molecule has 0 aliphatic carbocycles. The minimum atomic E-state index is -1.52. The van der Waals surface area contributed by atoms with Crippen molar-refractivity contribution in [3.8, 4) is 6.07 Å². The largest absolute Gasteiger partial charge is 0.479 e. The van der Waals surface area contributed by atoms with Crippen LogP contribution < -0.4 is 10.6 Å². The zero-order valence-electron chi connectivity index (χ0n) is 10.3.